The molecule has 16 heavy (non-hydrogen) atoms. The molecule has 1 aliphatic rings. The summed E-state index contributed by atoms with van der Waals surface area (Å²) in [5.41, 5.74) is 4.50. The normalized spacial score (nSPS) is 22.0. The molecule has 0 spiro atoms. The summed E-state index contributed by atoms with van der Waals surface area (Å²) in [6.07, 6.45) is 4.44. The Labute approximate surface area is 97.6 Å². The standard InChI is InChI=1S/C12H24N2O2/c1-3-5-11(2,16)9-14-10(15)12(8-13)6-4-7-12/h16H,3-9,13H2,1-2H3,(H,14,15). The van der Waals surface area contributed by atoms with E-state index in [9.17, 15) is 9.90 Å². The molecule has 1 rings (SSSR count). The summed E-state index contributed by atoms with van der Waals surface area (Å²) in [5.74, 6) is 0.0117. The van der Waals surface area contributed by atoms with Crippen LogP contribution in [0.5, 0.6) is 0 Å². The third-order valence-corrected chi connectivity index (χ3v) is 3.60. The second-order valence-electron chi connectivity index (χ2n) is 5.27. The minimum atomic E-state index is -0.802. The van der Waals surface area contributed by atoms with Crippen molar-refractivity contribution in [2.45, 2.75) is 51.6 Å². The van der Waals surface area contributed by atoms with Crippen molar-refractivity contribution >= 4 is 5.91 Å². The van der Waals surface area contributed by atoms with Crippen molar-refractivity contribution in [3.8, 4) is 0 Å². The molecular formula is C12H24N2O2. The Morgan fingerprint density at radius 1 is 1.56 bits per heavy atom. The van der Waals surface area contributed by atoms with Crippen molar-refractivity contribution in [2.75, 3.05) is 13.1 Å². The number of hydrogen-bond donors (Lipinski definition) is 3. The molecule has 4 heteroatoms. The van der Waals surface area contributed by atoms with Crippen molar-refractivity contribution in [1.82, 2.24) is 5.32 Å². The van der Waals surface area contributed by atoms with E-state index in [1.54, 1.807) is 6.92 Å². The summed E-state index contributed by atoms with van der Waals surface area (Å²) in [7, 11) is 0. The quantitative estimate of drug-likeness (QED) is 0.629. The third kappa shape index (κ3) is 2.95. The number of hydrogen-bond acceptors (Lipinski definition) is 3. The zero-order valence-corrected chi connectivity index (χ0v) is 10.4. The Hall–Kier alpha value is -0.610. The van der Waals surface area contributed by atoms with Gasteiger partial charge in [0.05, 0.1) is 11.0 Å². The first-order valence-electron chi connectivity index (χ1n) is 6.16. The highest BCUT2D eigenvalue weighted by molar-refractivity contribution is 5.83. The smallest absolute Gasteiger partial charge is 0.227 e. The van der Waals surface area contributed by atoms with Gasteiger partial charge in [0.1, 0.15) is 0 Å². The maximum Gasteiger partial charge on any atom is 0.227 e. The molecular weight excluding hydrogens is 204 g/mol. The van der Waals surface area contributed by atoms with E-state index in [1.807, 2.05) is 6.92 Å². The van der Waals surface area contributed by atoms with Crippen LogP contribution in [0, 0.1) is 5.41 Å². The molecule has 0 bridgehead atoms. The van der Waals surface area contributed by atoms with Crippen LogP contribution >= 0.6 is 0 Å². The Balaban J connectivity index is 2.40. The first kappa shape index (κ1) is 13.5. The van der Waals surface area contributed by atoms with E-state index in [2.05, 4.69) is 5.32 Å². The molecule has 1 saturated carbocycles. The van der Waals surface area contributed by atoms with Crippen LogP contribution in [0.15, 0.2) is 0 Å². The van der Waals surface area contributed by atoms with Gasteiger partial charge in [0.2, 0.25) is 5.91 Å². The molecule has 4 N–H and O–H groups in total. The molecule has 0 saturated heterocycles. The summed E-state index contributed by atoms with van der Waals surface area (Å²) in [4.78, 5) is 11.9. The van der Waals surface area contributed by atoms with Crippen LogP contribution in [-0.4, -0.2) is 29.7 Å². The van der Waals surface area contributed by atoms with Crippen LogP contribution in [0.25, 0.3) is 0 Å². The predicted molar refractivity (Wildman–Crippen MR) is 63.9 cm³/mol. The zero-order chi connectivity index (χ0) is 12.2. The number of rotatable bonds is 6. The van der Waals surface area contributed by atoms with E-state index in [-0.39, 0.29) is 11.3 Å². The second kappa shape index (κ2) is 5.15. The molecule has 4 nitrogen and oxygen atoms in total. The highest BCUT2D eigenvalue weighted by atomic mass is 16.3. The van der Waals surface area contributed by atoms with Gasteiger partial charge in [-0.25, -0.2) is 0 Å². The second-order valence-corrected chi connectivity index (χ2v) is 5.27. The lowest BCUT2D eigenvalue weighted by Gasteiger charge is -2.39. The molecule has 1 atom stereocenters. The van der Waals surface area contributed by atoms with Crippen molar-refractivity contribution in [3.05, 3.63) is 0 Å². The van der Waals surface area contributed by atoms with Gasteiger partial charge in [-0.05, 0) is 26.2 Å². The fourth-order valence-corrected chi connectivity index (χ4v) is 2.21. The highest BCUT2D eigenvalue weighted by Crippen LogP contribution is 2.40. The van der Waals surface area contributed by atoms with Crippen LogP contribution in [0.3, 0.4) is 0 Å². The first-order chi connectivity index (χ1) is 7.46. The maximum absolute atomic E-state index is 11.9. The number of carbonyl (C=O) groups excluding carboxylic acids is 1. The number of aliphatic hydroxyl groups is 1. The molecule has 1 fully saturated rings. The minimum Gasteiger partial charge on any atom is -0.388 e. The van der Waals surface area contributed by atoms with E-state index in [1.165, 1.54) is 0 Å². The van der Waals surface area contributed by atoms with E-state index >= 15 is 0 Å². The molecule has 0 aromatic rings. The van der Waals surface area contributed by atoms with Gasteiger partial charge in [0.25, 0.3) is 0 Å². The number of nitrogens with one attached hydrogen (secondary N) is 1. The van der Waals surface area contributed by atoms with Gasteiger partial charge in [-0.3, -0.25) is 4.79 Å². The molecule has 0 aromatic carbocycles. The average Bonchev–Trinajstić information content (AvgIpc) is 2.14. The number of carbonyl (C=O) groups is 1. The lowest BCUT2D eigenvalue weighted by Crippen LogP contribution is -2.53. The fourth-order valence-electron chi connectivity index (χ4n) is 2.21. The highest BCUT2D eigenvalue weighted by Gasteiger charge is 2.43. The fraction of sp³-hybridized carbons (Fsp3) is 0.917. The Morgan fingerprint density at radius 3 is 2.56 bits per heavy atom. The van der Waals surface area contributed by atoms with Crippen molar-refractivity contribution in [1.29, 1.82) is 0 Å². The van der Waals surface area contributed by atoms with Crippen molar-refractivity contribution in [3.63, 3.8) is 0 Å². The summed E-state index contributed by atoms with van der Waals surface area (Å²) < 4.78 is 0. The molecule has 0 heterocycles. The van der Waals surface area contributed by atoms with E-state index in [4.69, 9.17) is 5.73 Å². The van der Waals surface area contributed by atoms with Crippen LogP contribution in [0.1, 0.15) is 46.0 Å². The Morgan fingerprint density at radius 2 is 2.19 bits per heavy atom. The molecule has 1 unspecified atom stereocenters. The van der Waals surface area contributed by atoms with E-state index in [0.29, 0.717) is 19.5 Å². The minimum absolute atomic E-state index is 0.0117. The Bertz CT molecular complexity index is 242. The largest absolute Gasteiger partial charge is 0.388 e. The van der Waals surface area contributed by atoms with Crippen LogP contribution in [-0.2, 0) is 4.79 Å². The van der Waals surface area contributed by atoms with Gasteiger partial charge in [-0.15, -0.1) is 0 Å². The van der Waals surface area contributed by atoms with Gasteiger partial charge in [-0.2, -0.15) is 0 Å². The van der Waals surface area contributed by atoms with Gasteiger partial charge >= 0.3 is 0 Å². The van der Waals surface area contributed by atoms with Crippen LogP contribution < -0.4 is 11.1 Å². The van der Waals surface area contributed by atoms with Crippen molar-refractivity contribution < 1.29 is 9.90 Å². The predicted octanol–water partition coefficient (Wildman–Crippen LogP) is 0.783. The lowest BCUT2D eigenvalue weighted by molar-refractivity contribution is -0.136. The summed E-state index contributed by atoms with van der Waals surface area (Å²) in [5, 5.41) is 12.8. The Kier molecular flexibility index (Phi) is 4.33. The molecule has 1 amide bonds. The number of amides is 1. The topological polar surface area (TPSA) is 75.3 Å². The summed E-state index contributed by atoms with van der Waals surface area (Å²) >= 11 is 0. The van der Waals surface area contributed by atoms with Crippen LogP contribution in [0.2, 0.25) is 0 Å². The molecule has 0 aliphatic heterocycles. The number of nitrogens with two attached hydrogens (primary N) is 1. The summed E-state index contributed by atoms with van der Waals surface area (Å²) in [6, 6.07) is 0. The SMILES string of the molecule is CCCC(C)(O)CNC(=O)C1(CN)CCC1. The molecule has 0 radical (unpaired) electrons. The van der Waals surface area contributed by atoms with Gasteiger partial charge in [-0.1, -0.05) is 19.8 Å². The molecule has 94 valence electrons. The van der Waals surface area contributed by atoms with E-state index < -0.39 is 5.60 Å². The van der Waals surface area contributed by atoms with Gasteiger partial charge in [0.15, 0.2) is 0 Å². The molecule has 1 aliphatic carbocycles. The zero-order valence-electron chi connectivity index (χ0n) is 10.4. The monoisotopic (exact) mass is 228 g/mol. The van der Waals surface area contributed by atoms with E-state index in [0.717, 1.165) is 25.7 Å². The van der Waals surface area contributed by atoms with Gasteiger partial charge < -0.3 is 16.2 Å². The lowest BCUT2D eigenvalue weighted by atomic mass is 9.68. The third-order valence-electron chi connectivity index (χ3n) is 3.60. The first-order valence-corrected chi connectivity index (χ1v) is 6.16. The van der Waals surface area contributed by atoms with Crippen LogP contribution in [0.4, 0.5) is 0 Å². The average molecular weight is 228 g/mol. The summed E-state index contributed by atoms with van der Waals surface area (Å²) in [6.45, 7) is 4.51. The molecule has 0 aromatic heterocycles. The maximum atomic E-state index is 11.9. The van der Waals surface area contributed by atoms with Crippen molar-refractivity contribution in [2.24, 2.45) is 11.1 Å². The van der Waals surface area contributed by atoms with Gasteiger partial charge in [0, 0.05) is 13.1 Å².